The number of nitrogens with one attached hydrogen (secondary N) is 1. The Balaban J connectivity index is 0. The first-order valence-corrected chi connectivity index (χ1v) is 5.18. The second-order valence-corrected chi connectivity index (χ2v) is 5.24. The lowest BCUT2D eigenvalue weighted by Gasteiger charge is -2.22. The van der Waals surface area contributed by atoms with Crippen molar-refractivity contribution in [3.05, 3.63) is 0 Å². The summed E-state index contributed by atoms with van der Waals surface area (Å²) in [4.78, 5) is 22.5. The molecule has 4 N–H and O–H groups in total. The molecule has 0 bridgehead atoms. The predicted octanol–water partition coefficient (Wildman–Crippen LogP) is 0.823. The lowest BCUT2D eigenvalue weighted by molar-refractivity contribution is -0.143. The van der Waals surface area contributed by atoms with Gasteiger partial charge in [0.2, 0.25) is 5.91 Å². The van der Waals surface area contributed by atoms with E-state index in [2.05, 4.69) is 5.32 Å². The largest absolute Gasteiger partial charge is 0.480 e. The van der Waals surface area contributed by atoms with Gasteiger partial charge in [0.1, 0.15) is 6.04 Å². The van der Waals surface area contributed by atoms with E-state index in [1.54, 1.807) is 20.8 Å². The molecule has 0 saturated heterocycles. The Labute approximate surface area is 96.5 Å². The topological polar surface area (TPSA) is 97.9 Å². The fraction of sp³-hybridized carbons (Fsp3) is 0.818. The first-order valence-electron chi connectivity index (χ1n) is 5.18. The van der Waals surface area contributed by atoms with Crippen molar-refractivity contribution in [3.8, 4) is 0 Å². The standard InChI is InChI=1S/C11H21NO3.H2O/c1-7(2)6-8(9(13)14)12-10(15)11(3,4)5;/h7-8H,6H2,1-5H3,(H,12,15)(H,13,14);1H2/t8-;/m1./s1. The van der Waals surface area contributed by atoms with E-state index in [0.717, 1.165) is 0 Å². The summed E-state index contributed by atoms with van der Waals surface area (Å²) in [7, 11) is 0. The molecule has 5 heteroatoms. The summed E-state index contributed by atoms with van der Waals surface area (Å²) in [5.41, 5.74) is -0.551. The summed E-state index contributed by atoms with van der Waals surface area (Å²) in [6.45, 7) is 9.14. The zero-order valence-electron chi connectivity index (χ0n) is 10.6. The van der Waals surface area contributed by atoms with Crippen LogP contribution in [-0.4, -0.2) is 28.5 Å². The van der Waals surface area contributed by atoms with Crippen LogP contribution in [0.15, 0.2) is 0 Å². The third-order valence-electron chi connectivity index (χ3n) is 1.99. The quantitative estimate of drug-likeness (QED) is 0.752. The third-order valence-corrected chi connectivity index (χ3v) is 1.99. The zero-order valence-corrected chi connectivity index (χ0v) is 10.6. The van der Waals surface area contributed by atoms with Gasteiger partial charge in [0.25, 0.3) is 0 Å². The van der Waals surface area contributed by atoms with E-state index in [1.165, 1.54) is 0 Å². The second kappa shape index (κ2) is 6.48. The summed E-state index contributed by atoms with van der Waals surface area (Å²) in [5, 5.41) is 11.5. The van der Waals surface area contributed by atoms with Crippen molar-refractivity contribution in [1.29, 1.82) is 0 Å². The zero-order chi connectivity index (χ0) is 12.2. The van der Waals surface area contributed by atoms with E-state index in [1.807, 2.05) is 13.8 Å². The van der Waals surface area contributed by atoms with Gasteiger partial charge in [0.15, 0.2) is 0 Å². The molecule has 0 spiro atoms. The van der Waals surface area contributed by atoms with E-state index in [9.17, 15) is 9.59 Å². The maximum absolute atomic E-state index is 11.6. The van der Waals surface area contributed by atoms with E-state index in [-0.39, 0.29) is 17.3 Å². The molecule has 0 unspecified atom stereocenters. The van der Waals surface area contributed by atoms with E-state index in [0.29, 0.717) is 6.42 Å². The van der Waals surface area contributed by atoms with Crippen molar-refractivity contribution in [2.45, 2.75) is 47.1 Å². The van der Waals surface area contributed by atoms with Gasteiger partial charge in [-0.15, -0.1) is 0 Å². The minimum atomic E-state index is -0.971. The van der Waals surface area contributed by atoms with Crippen LogP contribution >= 0.6 is 0 Å². The second-order valence-electron chi connectivity index (χ2n) is 5.24. The van der Waals surface area contributed by atoms with Crippen molar-refractivity contribution >= 4 is 11.9 Å². The van der Waals surface area contributed by atoms with Crippen molar-refractivity contribution < 1.29 is 20.2 Å². The van der Waals surface area contributed by atoms with Crippen LogP contribution in [-0.2, 0) is 9.59 Å². The summed E-state index contributed by atoms with van der Waals surface area (Å²) in [6, 6.07) is -0.781. The maximum Gasteiger partial charge on any atom is 0.326 e. The van der Waals surface area contributed by atoms with Crippen LogP contribution < -0.4 is 5.32 Å². The highest BCUT2D eigenvalue weighted by atomic mass is 16.4. The van der Waals surface area contributed by atoms with Gasteiger partial charge >= 0.3 is 5.97 Å². The molecule has 5 nitrogen and oxygen atoms in total. The Morgan fingerprint density at radius 1 is 1.25 bits per heavy atom. The Bertz CT molecular complexity index is 243. The Hall–Kier alpha value is -1.10. The minimum Gasteiger partial charge on any atom is -0.480 e. The molecule has 1 amide bonds. The molecule has 16 heavy (non-hydrogen) atoms. The van der Waals surface area contributed by atoms with Gasteiger partial charge in [-0.3, -0.25) is 4.79 Å². The molecule has 0 radical (unpaired) electrons. The molecule has 0 heterocycles. The van der Waals surface area contributed by atoms with Crippen LogP contribution in [0.25, 0.3) is 0 Å². The molecule has 0 aliphatic heterocycles. The summed E-state index contributed by atoms with van der Waals surface area (Å²) >= 11 is 0. The molecule has 0 fully saturated rings. The third kappa shape index (κ3) is 6.40. The van der Waals surface area contributed by atoms with Gasteiger partial charge in [-0.1, -0.05) is 34.6 Å². The highest BCUT2D eigenvalue weighted by Crippen LogP contribution is 2.14. The number of rotatable bonds is 4. The van der Waals surface area contributed by atoms with E-state index < -0.39 is 17.4 Å². The normalized spacial score (nSPS) is 12.9. The van der Waals surface area contributed by atoms with Gasteiger partial charge in [0.05, 0.1) is 0 Å². The molecule has 0 aliphatic rings. The summed E-state index contributed by atoms with van der Waals surface area (Å²) < 4.78 is 0. The number of aliphatic carboxylic acids is 1. The predicted molar refractivity (Wildman–Crippen MR) is 62.1 cm³/mol. The molecule has 0 saturated carbocycles. The number of amides is 1. The number of carboxylic acid groups (broad SMARTS) is 1. The van der Waals surface area contributed by atoms with Gasteiger partial charge in [-0.2, -0.15) is 0 Å². The van der Waals surface area contributed by atoms with E-state index >= 15 is 0 Å². The Morgan fingerprint density at radius 2 is 1.69 bits per heavy atom. The maximum atomic E-state index is 11.6. The molecule has 0 aromatic heterocycles. The van der Waals surface area contributed by atoms with Gasteiger partial charge in [0, 0.05) is 5.41 Å². The lowest BCUT2D eigenvalue weighted by atomic mass is 9.94. The fourth-order valence-corrected chi connectivity index (χ4v) is 1.07. The number of carboxylic acids is 1. The van der Waals surface area contributed by atoms with E-state index in [4.69, 9.17) is 5.11 Å². The van der Waals surface area contributed by atoms with Crippen LogP contribution in [0.2, 0.25) is 0 Å². The van der Waals surface area contributed by atoms with Crippen molar-refractivity contribution in [3.63, 3.8) is 0 Å². The number of carbonyl (C=O) groups excluding carboxylic acids is 1. The van der Waals surface area contributed by atoms with Gasteiger partial charge < -0.3 is 15.9 Å². The molecule has 96 valence electrons. The number of hydrogen-bond acceptors (Lipinski definition) is 2. The first kappa shape index (κ1) is 17.3. The summed E-state index contributed by atoms with van der Waals surface area (Å²) in [5.74, 6) is -0.955. The first-order chi connectivity index (χ1) is 6.64. The van der Waals surface area contributed by atoms with Crippen LogP contribution in [0.4, 0.5) is 0 Å². The Morgan fingerprint density at radius 3 is 1.94 bits per heavy atom. The Kier molecular flexibility index (Phi) is 7.00. The average Bonchev–Trinajstić information content (AvgIpc) is 1.99. The van der Waals surface area contributed by atoms with Crippen LogP contribution in [0.1, 0.15) is 41.0 Å². The molecule has 0 rings (SSSR count). The number of hydrogen-bond donors (Lipinski definition) is 2. The number of carbonyl (C=O) groups is 2. The van der Waals surface area contributed by atoms with Gasteiger partial charge in [-0.05, 0) is 12.3 Å². The highest BCUT2D eigenvalue weighted by molar-refractivity contribution is 5.86. The highest BCUT2D eigenvalue weighted by Gasteiger charge is 2.27. The van der Waals surface area contributed by atoms with Crippen LogP contribution in [0.3, 0.4) is 0 Å². The smallest absolute Gasteiger partial charge is 0.326 e. The van der Waals surface area contributed by atoms with Crippen molar-refractivity contribution in [2.75, 3.05) is 0 Å². The molecular formula is C11H23NO4. The SMILES string of the molecule is CC(C)C[C@@H](NC(=O)C(C)(C)C)C(=O)O.O. The molecular weight excluding hydrogens is 210 g/mol. The molecule has 1 atom stereocenters. The average molecular weight is 233 g/mol. The van der Waals surface area contributed by atoms with Gasteiger partial charge in [-0.25, -0.2) is 4.79 Å². The molecule has 0 aromatic carbocycles. The molecule has 0 aromatic rings. The van der Waals surface area contributed by atoms with Crippen LogP contribution in [0.5, 0.6) is 0 Å². The summed E-state index contributed by atoms with van der Waals surface area (Å²) in [6.07, 6.45) is 0.456. The lowest BCUT2D eigenvalue weighted by Crippen LogP contribution is -2.46. The van der Waals surface area contributed by atoms with Crippen LogP contribution in [0, 0.1) is 11.3 Å². The van der Waals surface area contributed by atoms with Crippen molar-refractivity contribution in [1.82, 2.24) is 5.32 Å². The van der Waals surface area contributed by atoms with Crippen molar-refractivity contribution in [2.24, 2.45) is 11.3 Å². The molecule has 0 aliphatic carbocycles. The monoisotopic (exact) mass is 233 g/mol. The fourth-order valence-electron chi connectivity index (χ4n) is 1.07. The minimum absolute atomic E-state index is 0.